The van der Waals surface area contributed by atoms with Gasteiger partial charge in [0, 0.05) is 49.4 Å². The van der Waals surface area contributed by atoms with E-state index in [9.17, 15) is 5.26 Å². The maximum atomic E-state index is 10.1. The number of hydrogen-bond donors (Lipinski definition) is 0. The van der Waals surface area contributed by atoms with Crippen LogP contribution in [-0.2, 0) is 10.8 Å². The van der Waals surface area contributed by atoms with Crippen molar-refractivity contribution in [3.8, 4) is 73.9 Å². The molecule has 72 heavy (non-hydrogen) atoms. The number of benzene rings is 9. The standard InChI is InChI=1S/C66H52N6/c1-65(2,3)48-30-34-60-54(39-48)50-24-13-15-26-56(50)71(60)58-32-28-46(45-23-17-18-42(36-45)41-67)37-52(58)53-38-47(64-69-62(43-19-9-7-10-20-43)68-63(70-64)44-21-11-8-12-22-44)29-33-59(53)72-57-27-16-14-25-51(57)55-40-49(66(4,5)6)31-35-61(55)72/h7-40H,1-6H3. The van der Waals surface area contributed by atoms with Crippen molar-refractivity contribution < 1.29 is 0 Å². The van der Waals surface area contributed by atoms with Gasteiger partial charge in [0.15, 0.2) is 17.5 Å². The molecule has 0 spiro atoms. The van der Waals surface area contributed by atoms with Crippen molar-refractivity contribution in [3.05, 3.63) is 223 Å². The van der Waals surface area contributed by atoms with Gasteiger partial charge in [0.1, 0.15) is 0 Å². The third kappa shape index (κ3) is 7.71. The van der Waals surface area contributed by atoms with Gasteiger partial charge < -0.3 is 9.13 Å². The first kappa shape index (κ1) is 44.3. The predicted octanol–water partition coefficient (Wildman–Crippen LogP) is 16.9. The first-order valence-electron chi connectivity index (χ1n) is 24.7. The quantitative estimate of drug-likeness (QED) is 0.160. The van der Waals surface area contributed by atoms with E-state index in [1.54, 1.807) is 0 Å². The minimum absolute atomic E-state index is 0.0384. The second-order valence-corrected chi connectivity index (χ2v) is 20.9. The van der Waals surface area contributed by atoms with E-state index in [4.69, 9.17) is 15.0 Å². The summed E-state index contributed by atoms with van der Waals surface area (Å²) in [7, 11) is 0. The molecule has 0 atom stereocenters. The number of aromatic nitrogens is 5. The van der Waals surface area contributed by atoms with Crippen LogP contribution in [0.4, 0.5) is 0 Å². The van der Waals surface area contributed by atoms with E-state index < -0.39 is 0 Å². The summed E-state index contributed by atoms with van der Waals surface area (Å²) in [5.74, 6) is 1.77. The van der Waals surface area contributed by atoms with Gasteiger partial charge in [-0.1, -0.05) is 169 Å². The Kier molecular flexibility index (Phi) is 10.6. The summed E-state index contributed by atoms with van der Waals surface area (Å²) in [6, 6.07) is 75.4. The maximum Gasteiger partial charge on any atom is 0.164 e. The van der Waals surface area contributed by atoms with Crippen LogP contribution in [0.5, 0.6) is 0 Å². The molecule has 0 radical (unpaired) electrons. The van der Waals surface area contributed by atoms with Gasteiger partial charge in [-0.3, -0.25) is 0 Å². The van der Waals surface area contributed by atoms with Gasteiger partial charge in [0.05, 0.1) is 45.1 Å². The van der Waals surface area contributed by atoms with Crippen molar-refractivity contribution in [2.45, 2.75) is 52.4 Å². The summed E-state index contributed by atoms with van der Waals surface area (Å²) in [5, 5.41) is 14.9. The van der Waals surface area contributed by atoms with E-state index in [2.05, 4.69) is 184 Å². The highest BCUT2D eigenvalue weighted by atomic mass is 15.0. The van der Waals surface area contributed by atoms with Crippen molar-refractivity contribution in [3.63, 3.8) is 0 Å². The van der Waals surface area contributed by atoms with E-state index in [0.29, 0.717) is 23.0 Å². The third-order valence-electron chi connectivity index (χ3n) is 14.1. The van der Waals surface area contributed by atoms with Crippen LogP contribution in [0.3, 0.4) is 0 Å². The fourth-order valence-corrected chi connectivity index (χ4v) is 10.3. The maximum absolute atomic E-state index is 10.1. The summed E-state index contributed by atoms with van der Waals surface area (Å²) in [6.07, 6.45) is 0. The van der Waals surface area contributed by atoms with Crippen molar-refractivity contribution in [1.29, 1.82) is 5.26 Å². The lowest BCUT2D eigenvalue weighted by Gasteiger charge is -2.22. The van der Waals surface area contributed by atoms with Crippen LogP contribution in [0, 0.1) is 11.3 Å². The van der Waals surface area contributed by atoms with Crippen molar-refractivity contribution >= 4 is 43.6 Å². The number of hydrogen-bond acceptors (Lipinski definition) is 4. The minimum Gasteiger partial charge on any atom is -0.309 e. The van der Waals surface area contributed by atoms with Gasteiger partial charge in [-0.15, -0.1) is 0 Å². The van der Waals surface area contributed by atoms with Crippen molar-refractivity contribution in [2.75, 3.05) is 0 Å². The fraction of sp³-hybridized carbons (Fsp3) is 0.121. The Bertz CT molecular complexity index is 4060. The lowest BCUT2D eigenvalue weighted by molar-refractivity contribution is 0.591. The van der Waals surface area contributed by atoms with Crippen molar-refractivity contribution in [1.82, 2.24) is 24.1 Å². The molecule has 0 bridgehead atoms. The van der Waals surface area contributed by atoms with E-state index in [1.807, 2.05) is 78.9 Å². The molecule has 6 heteroatoms. The predicted molar refractivity (Wildman–Crippen MR) is 298 cm³/mol. The van der Waals surface area contributed by atoms with Gasteiger partial charge in [0.2, 0.25) is 0 Å². The van der Waals surface area contributed by atoms with Gasteiger partial charge in [-0.05, 0) is 112 Å². The van der Waals surface area contributed by atoms with Crippen LogP contribution in [0.1, 0.15) is 58.2 Å². The Morgan fingerprint density at radius 3 is 1.24 bits per heavy atom. The first-order valence-corrected chi connectivity index (χ1v) is 24.7. The molecule has 9 aromatic carbocycles. The normalized spacial score (nSPS) is 12.0. The highest BCUT2D eigenvalue weighted by molar-refractivity contribution is 6.12. The smallest absolute Gasteiger partial charge is 0.164 e. The molecular formula is C66H52N6. The summed E-state index contributed by atoms with van der Waals surface area (Å²) in [6.45, 7) is 13.6. The zero-order valence-corrected chi connectivity index (χ0v) is 41.3. The van der Waals surface area contributed by atoms with Crippen LogP contribution >= 0.6 is 0 Å². The monoisotopic (exact) mass is 928 g/mol. The van der Waals surface area contributed by atoms with E-state index in [0.717, 1.165) is 72.4 Å². The SMILES string of the molecule is CC(C)(C)c1ccc2c(c1)c1ccccc1n2-c1ccc(-c2cccc(C#N)c2)cc1-c1cc(-c2nc(-c3ccccc3)nc(-c3ccccc3)n2)ccc1-n1c2ccccc2c2cc(C(C)(C)C)ccc21. The number of nitriles is 1. The molecule has 0 unspecified atom stereocenters. The van der Waals surface area contributed by atoms with Gasteiger partial charge in [-0.2, -0.15) is 5.26 Å². The molecule has 0 N–H and O–H groups in total. The number of fused-ring (bicyclic) bond motifs is 6. The molecule has 6 nitrogen and oxygen atoms in total. The molecule has 0 fully saturated rings. The summed E-state index contributed by atoms with van der Waals surface area (Å²) < 4.78 is 4.87. The molecule has 3 heterocycles. The second-order valence-electron chi connectivity index (χ2n) is 20.9. The van der Waals surface area contributed by atoms with Crippen LogP contribution in [-0.4, -0.2) is 24.1 Å². The Morgan fingerprint density at radius 2 is 0.750 bits per heavy atom. The van der Waals surface area contributed by atoms with Crippen LogP contribution in [0.15, 0.2) is 206 Å². The van der Waals surface area contributed by atoms with Gasteiger partial charge in [0.25, 0.3) is 0 Å². The van der Waals surface area contributed by atoms with Gasteiger partial charge in [-0.25, -0.2) is 15.0 Å². The van der Waals surface area contributed by atoms with E-state index >= 15 is 0 Å². The van der Waals surface area contributed by atoms with E-state index in [1.165, 1.54) is 32.7 Å². The first-order chi connectivity index (χ1) is 34.9. The highest BCUT2D eigenvalue weighted by Gasteiger charge is 2.25. The minimum atomic E-state index is -0.0416. The molecule has 0 aliphatic carbocycles. The Labute approximate surface area is 420 Å². The molecule has 12 rings (SSSR count). The molecule has 0 aliphatic heterocycles. The molecular weight excluding hydrogens is 877 g/mol. The average Bonchev–Trinajstić information content (AvgIpc) is 3.92. The van der Waals surface area contributed by atoms with E-state index in [-0.39, 0.29) is 10.8 Å². The number of rotatable bonds is 7. The molecule has 0 aliphatic rings. The molecule has 346 valence electrons. The zero-order chi connectivity index (χ0) is 49.3. The topological polar surface area (TPSA) is 72.3 Å². The molecule has 0 amide bonds. The second kappa shape index (κ2) is 17.2. The van der Waals surface area contributed by atoms with Crippen LogP contribution < -0.4 is 0 Å². The lowest BCUT2D eigenvalue weighted by Crippen LogP contribution is -2.10. The Balaban J connectivity index is 1.21. The largest absolute Gasteiger partial charge is 0.309 e. The summed E-state index contributed by atoms with van der Waals surface area (Å²) in [5.41, 5.74) is 16.2. The summed E-state index contributed by atoms with van der Waals surface area (Å²) >= 11 is 0. The molecule has 0 saturated carbocycles. The molecule has 3 aromatic heterocycles. The lowest BCUT2D eigenvalue weighted by atomic mass is 9.86. The fourth-order valence-electron chi connectivity index (χ4n) is 10.3. The number of nitrogens with zero attached hydrogens (tertiary/aromatic N) is 6. The zero-order valence-electron chi connectivity index (χ0n) is 41.3. The third-order valence-corrected chi connectivity index (χ3v) is 14.1. The molecule has 0 saturated heterocycles. The molecule has 12 aromatic rings. The van der Waals surface area contributed by atoms with Crippen LogP contribution in [0.25, 0.3) is 111 Å². The van der Waals surface area contributed by atoms with Crippen LogP contribution in [0.2, 0.25) is 0 Å². The Hall–Kier alpha value is -8.92. The number of para-hydroxylation sites is 2. The van der Waals surface area contributed by atoms with Gasteiger partial charge >= 0.3 is 0 Å². The Morgan fingerprint density at radius 1 is 0.347 bits per heavy atom. The highest BCUT2D eigenvalue weighted by Crippen LogP contribution is 2.45. The summed E-state index contributed by atoms with van der Waals surface area (Å²) in [4.78, 5) is 15.6. The average molecular weight is 929 g/mol. The van der Waals surface area contributed by atoms with Crippen molar-refractivity contribution in [2.24, 2.45) is 0 Å².